The van der Waals surface area contributed by atoms with Gasteiger partial charge in [0.2, 0.25) is 0 Å². The first-order chi connectivity index (χ1) is 13.9. The van der Waals surface area contributed by atoms with E-state index < -0.39 is 11.7 Å². The summed E-state index contributed by atoms with van der Waals surface area (Å²) < 4.78 is 49.6. The fourth-order valence-corrected chi connectivity index (χ4v) is 3.28. The van der Waals surface area contributed by atoms with Crippen LogP contribution in [0.4, 0.5) is 13.2 Å². The lowest BCUT2D eigenvalue weighted by atomic mass is 10.1. The van der Waals surface area contributed by atoms with Gasteiger partial charge in [-0.2, -0.15) is 13.2 Å². The molecule has 2 heterocycles. The number of alkyl halides is 3. The highest BCUT2D eigenvalue weighted by atomic mass is 127. The van der Waals surface area contributed by atoms with Crippen molar-refractivity contribution in [2.75, 3.05) is 33.4 Å². The topological polar surface area (TPSA) is 50.0 Å². The number of hydrogen-bond donors (Lipinski definition) is 1. The van der Waals surface area contributed by atoms with Crippen LogP contribution in [0.1, 0.15) is 23.3 Å². The number of nitrogens with zero attached hydrogens (tertiary/aromatic N) is 2. The summed E-state index contributed by atoms with van der Waals surface area (Å²) >= 11 is 0. The third-order valence-electron chi connectivity index (χ3n) is 4.82. The average Bonchev–Trinajstić information content (AvgIpc) is 3.38. The Hall–Kier alpha value is -1.75. The van der Waals surface area contributed by atoms with E-state index in [2.05, 4.69) is 10.3 Å². The van der Waals surface area contributed by atoms with Gasteiger partial charge in [-0.3, -0.25) is 0 Å². The zero-order valence-corrected chi connectivity index (χ0v) is 19.2. The molecule has 1 aromatic carbocycles. The van der Waals surface area contributed by atoms with Gasteiger partial charge < -0.3 is 19.4 Å². The zero-order chi connectivity index (χ0) is 20.7. The third kappa shape index (κ3) is 7.50. The maximum atomic E-state index is 12.9. The molecule has 0 saturated carbocycles. The molecule has 1 fully saturated rings. The monoisotopic (exact) mass is 537 g/mol. The van der Waals surface area contributed by atoms with Gasteiger partial charge in [0.05, 0.1) is 25.0 Å². The molecule has 3 rings (SSSR count). The highest BCUT2D eigenvalue weighted by molar-refractivity contribution is 14.0. The van der Waals surface area contributed by atoms with Crippen LogP contribution < -0.4 is 5.32 Å². The number of benzene rings is 1. The molecule has 1 saturated heterocycles. The van der Waals surface area contributed by atoms with Crippen LogP contribution in [0.2, 0.25) is 0 Å². The molecule has 1 atom stereocenters. The van der Waals surface area contributed by atoms with E-state index in [0.717, 1.165) is 44.1 Å². The molecule has 2 aromatic rings. The van der Waals surface area contributed by atoms with Crippen molar-refractivity contribution in [2.45, 2.75) is 25.6 Å². The Morgan fingerprint density at radius 3 is 2.77 bits per heavy atom. The molecule has 0 bridgehead atoms. The van der Waals surface area contributed by atoms with E-state index in [9.17, 15) is 13.2 Å². The largest absolute Gasteiger partial charge is 0.469 e. The second-order valence-electron chi connectivity index (χ2n) is 7.20. The van der Waals surface area contributed by atoms with Gasteiger partial charge in [0.15, 0.2) is 5.96 Å². The Morgan fingerprint density at radius 2 is 2.10 bits per heavy atom. The highest BCUT2D eigenvalue weighted by Gasteiger charge is 2.30. The summed E-state index contributed by atoms with van der Waals surface area (Å²) in [5.74, 6) is 1.94. The summed E-state index contributed by atoms with van der Waals surface area (Å²) in [6.45, 7) is 3.03. The lowest BCUT2D eigenvalue weighted by Gasteiger charge is -2.25. The first kappa shape index (κ1) is 24.5. The van der Waals surface area contributed by atoms with Crippen molar-refractivity contribution in [3.63, 3.8) is 0 Å². The molecule has 30 heavy (non-hydrogen) atoms. The van der Waals surface area contributed by atoms with Crippen molar-refractivity contribution < 1.29 is 22.3 Å². The van der Waals surface area contributed by atoms with Crippen LogP contribution in [0.5, 0.6) is 0 Å². The number of halogens is 4. The Kier molecular flexibility index (Phi) is 9.47. The van der Waals surface area contributed by atoms with Gasteiger partial charge in [-0.1, -0.05) is 12.1 Å². The van der Waals surface area contributed by atoms with Gasteiger partial charge in [-0.05, 0) is 36.2 Å². The lowest BCUT2D eigenvalue weighted by Crippen LogP contribution is -2.42. The van der Waals surface area contributed by atoms with E-state index in [0.29, 0.717) is 30.4 Å². The third-order valence-corrected chi connectivity index (χ3v) is 4.82. The predicted octanol–water partition coefficient (Wildman–Crippen LogP) is 4.57. The first-order valence-corrected chi connectivity index (χ1v) is 9.67. The minimum Gasteiger partial charge on any atom is -0.469 e. The number of hydrogen-bond acceptors (Lipinski definition) is 3. The fourth-order valence-electron chi connectivity index (χ4n) is 3.28. The number of ether oxygens (including phenoxy) is 1. The van der Waals surface area contributed by atoms with Crippen molar-refractivity contribution in [1.29, 1.82) is 0 Å². The van der Waals surface area contributed by atoms with Crippen LogP contribution in [-0.4, -0.2) is 44.2 Å². The summed E-state index contributed by atoms with van der Waals surface area (Å²) in [4.78, 5) is 6.58. The van der Waals surface area contributed by atoms with Gasteiger partial charge in [0.25, 0.3) is 0 Å². The molecule has 166 valence electrons. The molecular formula is C21H27F3IN3O2. The van der Waals surface area contributed by atoms with E-state index in [4.69, 9.17) is 9.15 Å². The molecule has 9 heteroatoms. The molecule has 0 radical (unpaired) electrons. The number of guanidine groups is 1. The van der Waals surface area contributed by atoms with Crippen molar-refractivity contribution in [3.8, 4) is 0 Å². The fraction of sp³-hybridized carbons (Fsp3) is 0.476. The molecule has 1 unspecified atom stereocenters. The SMILES string of the molecule is CN(CC1CCOC1)C(=NCc1cccc(C(F)(F)F)c1)NCCc1ccco1.I. The quantitative estimate of drug-likeness (QED) is 0.320. The maximum Gasteiger partial charge on any atom is 0.416 e. The molecule has 1 aliphatic heterocycles. The molecule has 1 aromatic heterocycles. The standard InChI is InChI=1S/C21H26F3N3O2.HI/c1-27(14-17-8-11-28-15-17)20(25-9-7-19-6-3-10-29-19)26-13-16-4-2-5-18(12-16)21(22,23)24;/h2-6,10,12,17H,7-9,11,13-15H2,1H3,(H,25,26);1H. The van der Waals surface area contributed by atoms with Crippen LogP contribution in [0.25, 0.3) is 0 Å². The van der Waals surface area contributed by atoms with Crippen molar-refractivity contribution in [1.82, 2.24) is 10.2 Å². The Labute approximate surface area is 191 Å². The van der Waals surface area contributed by atoms with Crippen molar-refractivity contribution >= 4 is 29.9 Å². The van der Waals surface area contributed by atoms with Crippen LogP contribution >= 0.6 is 24.0 Å². The summed E-state index contributed by atoms with van der Waals surface area (Å²) in [5, 5.41) is 3.30. The van der Waals surface area contributed by atoms with E-state index in [-0.39, 0.29) is 30.5 Å². The van der Waals surface area contributed by atoms with Crippen LogP contribution in [0, 0.1) is 5.92 Å². The Morgan fingerprint density at radius 1 is 1.27 bits per heavy atom. The number of nitrogens with one attached hydrogen (secondary N) is 1. The van der Waals surface area contributed by atoms with E-state index in [1.807, 2.05) is 24.1 Å². The molecule has 1 N–H and O–H groups in total. The second-order valence-corrected chi connectivity index (χ2v) is 7.20. The summed E-state index contributed by atoms with van der Waals surface area (Å²) in [5.41, 5.74) is -0.142. The maximum absolute atomic E-state index is 12.9. The van der Waals surface area contributed by atoms with Crippen molar-refractivity contribution in [3.05, 3.63) is 59.5 Å². The minimum atomic E-state index is -4.36. The predicted molar refractivity (Wildman–Crippen MR) is 120 cm³/mol. The minimum absolute atomic E-state index is 0. The Bertz CT molecular complexity index is 791. The van der Waals surface area contributed by atoms with Gasteiger partial charge in [0.1, 0.15) is 5.76 Å². The number of aliphatic imine (C=N–C) groups is 1. The Balaban J connectivity index is 0.00000320. The van der Waals surface area contributed by atoms with Gasteiger partial charge >= 0.3 is 6.18 Å². The van der Waals surface area contributed by atoms with E-state index >= 15 is 0 Å². The van der Waals surface area contributed by atoms with Gasteiger partial charge in [-0.15, -0.1) is 24.0 Å². The second kappa shape index (κ2) is 11.6. The molecule has 0 spiro atoms. The van der Waals surface area contributed by atoms with Crippen LogP contribution in [-0.2, 0) is 23.9 Å². The van der Waals surface area contributed by atoms with E-state index in [1.165, 1.54) is 6.07 Å². The average molecular weight is 537 g/mol. The van der Waals surface area contributed by atoms with E-state index in [1.54, 1.807) is 12.3 Å². The molecular weight excluding hydrogens is 510 g/mol. The van der Waals surface area contributed by atoms with Crippen LogP contribution in [0.15, 0.2) is 52.1 Å². The molecule has 0 aliphatic carbocycles. The van der Waals surface area contributed by atoms with Crippen molar-refractivity contribution in [2.24, 2.45) is 10.9 Å². The smallest absolute Gasteiger partial charge is 0.416 e. The molecule has 0 amide bonds. The highest BCUT2D eigenvalue weighted by Crippen LogP contribution is 2.29. The number of rotatable bonds is 7. The van der Waals surface area contributed by atoms with Gasteiger partial charge in [0, 0.05) is 39.1 Å². The summed E-state index contributed by atoms with van der Waals surface area (Å²) in [7, 11) is 1.93. The first-order valence-electron chi connectivity index (χ1n) is 9.67. The zero-order valence-electron chi connectivity index (χ0n) is 16.8. The number of furan rings is 1. The molecule has 1 aliphatic rings. The van der Waals surface area contributed by atoms with Gasteiger partial charge in [-0.25, -0.2) is 4.99 Å². The molecule has 5 nitrogen and oxygen atoms in total. The lowest BCUT2D eigenvalue weighted by molar-refractivity contribution is -0.137. The summed E-state index contributed by atoms with van der Waals surface area (Å²) in [6, 6.07) is 9.03. The summed E-state index contributed by atoms with van der Waals surface area (Å²) in [6.07, 6.45) is -1.04. The normalized spacial score (nSPS) is 16.9. The van der Waals surface area contributed by atoms with Crippen LogP contribution in [0.3, 0.4) is 0 Å².